The molecule has 0 saturated carbocycles. The van der Waals surface area contributed by atoms with Gasteiger partial charge in [-0.2, -0.15) is 4.98 Å². The summed E-state index contributed by atoms with van der Waals surface area (Å²) in [7, 11) is -2.33. The van der Waals surface area contributed by atoms with E-state index in [4.69, 9.17) is 10.2 Å². The van der Waals surface area contributed by atoms with E-state index in [1.165, 1.54) is 11.0 Å². The Morgan fingerprint density at radius 3 is 2.85 bits per heavy atom. The molecule has 1 fully saturated rings. The lowest BCUT2D eigenvalue weighted by atomic mass is 10.3. The number of nitrogen functional groups attached to an aromatic ring is 1. The smallest absolute Gasteiger partial charge is 0.316 e. The van der Waals surface area contributed by atoms with E-state index in [0.717, 1.165) is 0 Å². The number of hydrogen-bond donors (Lipinski definition) is 1. The molecule has 1 unspecified atom stereocenters. The van der Waals surface area contributed by atoms with Crippen molar-refractivity contribution in [3.05, 3.63) is 18.2 Å². The van der Waals surface area contributed by atoms with Crippen molar-refractivity contribution < 1.29 is 17.6 Å². The Kier molecular flexibility index (Phi) is 2.72. The number of rotatable bonds is 2. The van der Waals surface area contributed by atoms with Gasteiger partial charge in [0, 0.05) is 25.3 Å². The van der Waals surface area contributed by atoms with Crippen LogP contribution in [0.2, 0.25) is 0 Å². The number of anilines is 1. The Hall–Kier alpha value is -2.09. The molecule has 1 atom stereocenters. The lowest BCUT2D eigenvalue weighted by Gasteiger charge is -2.08. The Balaban J connectivity index is 2.07. The fraction of sp³-hybridized carbons (Fsp3) is 0.333. The highest BCUT2D eigenvalue weighted by Crippen LogP contribution is 2.27. The molecule has 1 aliphatic heterocycles. The molecule has 2 heterocycles. The molecule has 1 aromatic heterocycles. The van der Waals surface area contributed by atoms with Gasteiger partial charge in [0.15, 0.2) is 10.8 Å². The Labute approximate surface area is 115 Å². The van der Waals surface area contributed by atoms with Crippen LogP contribution in [-0.4, -0.2) is 43.1 Å². The van der Waals surface area contributed by atoms with E-state index >= 15 is 0 Å². The van der Waals surface area contributed by atoms with E-state index in [9.17, 15) is 13.2 Å². The molecule has 3 rings (SSSR count). The Bertz CT molecular complexity index is 796. The van der Waals surface area contributed by atoms with Crippen LogP contribution < -0.4 is 5.73 Å². The van der Waals surface area contributed by atoms with E-state index in [2.05, 4.69) is 4.98 Å². The third kappa shape index (κ3) is 1.83. The van der Waals surface area contributed by atoms with Gasteiger partial charge in [0.25, 0.3) is 0 Å². The second-order valence-corrected chi connectivity index (χ2v) is 6.80. The van der Waals surface area contributed by atoms with Crippen LogP contribution in [0.4, 0.5) is 5.69 Å². The van der Waals surface area contributed by atoms with Crippen molar-refractivity contribution >= 4 is 32.5 Å². The predicted octanol–water partition coefficient (Wildman–Crippen LogP) is 0.414. The van der Waals surface area contributed by atoms with Gasteiger partial charge in [0.1, 0.15) is 5.52 Å². The zero-order valence-electron chi connectivity index (χ0n) is 10.7. The second kappa shape index (κ2) is 4.20. The molecule has 7 nitrogen and oxygen atoms in total. The minimum absolute atomic E-state index is 0.249. The summed E-state index contributed by atoms with van der Waals surface area (Å²) in [4.78, 5) is 17.2. The van der Waals surface area contributed by atoms with Crippen molar-refractivity contribution in [2.45, 2.75) is 16.9 Å². The van der Waals surface area contributed by atoms with Crippen LogP contribution in [0.1, 0.15) is 6.42 Å². The van der Waals surface area contributed by atoms with Gasteiger partial charge in [-0.3, -0.25) is 4.79 Å². The highest BCUT2D eigenvalue weighted by Gasteiger charge is 2.43. The van der Waals surface area contributed by atoms with Crippen molar-refractivity contribution in [1.29, 1.82) is 0 Å². The number of aromatic nitrogens is 1. The van der Waals surface area contributed by atoms with Crippen LogP contribution in [-0.2, 0) is 14.6 Å². The van der Waals surface area contributed by atoms with Gasteiger partial charge in [-0.25, -0.2) is 8.42 Å². The number of nitrogens with two attached hydrogens (primary N) is 1. The number of nitrogens with zero attached hydrogens (tertiary/aromatic N) is 2. The number of fused-ring (bicyclic) bond motifs is 1. The lowest BCUT2D eigenvalue weighted by Crippen LogP contribution is -2.31. The first-order chi connectivity index (χ1) is 9.39. The van der Waals surface area contributed by atoms with Crippen LogP contribution in [0, 0.1) is 0 Å². The van der Waals surface area contributed by atoms with E-state index < -0.39 is 26.2 Å². The van der Waals surface area contributed by atoms with Crippen molar-refractivity contribution in [3.8, 4) is 0 Å². The lowest BCUT2D eigenvalue weighted by molar-refractivity contribution is -0.126. The van der Waals surface area contributed by atoms with Crippen molar-refractivity contribution in [2.24, 2.45) is 0 Å². The van der Waals surface area contributed by atoms with Gasteiger partial charge in [0.05, 0.1) is 0 Å². The number of oxazole rings is 1. The Morgan fingerprint density at radius 1 is 1.45 bits per heavy atom. The normalized spacial score (nSPS) is 19.9. The van der Waals surface area contributed by atoms with E-state index in [1.54, 1.807) is 19.2 Å². The fourth-order valence-corrected chi connectivity index (χ4v) is 3.78. The summed E-state index contributed by atoms with van der Waals surface area (Å²) in [6, 6.07) is 4.69. The summed E-state index contributed by atoms with van der Waals surface area (Å²) in [5, 5.41) is -1.54. The third-order valence-corrected chi connectivity index (χ3v) is 5.24. The van der Waals surface area contributed by atoms with Gasteiger partial charge < -0.3 is 15.1 Å². The number of sulfone groups is 1. The maximum Gasteiger partial charge on any atom is 0.316 e. The molecule has 0 spiro atoms. The maximum absolute atomic E-state index is 12.4. The summed E-state index contributed by atoms with van der Waals surface area (Å²) in [5.74, 6) is -0.424. The first-order valence-corrected chi connectivity index (χ1v) is 7.59. The second-order valence-electron chi connectivity index (χ2n) is 4.79. The van der Waals surface area contributed by atoms with Crippen molar-refractivity contribution in [2.75, 3.05) is 19.3 Å². The zero-order valence-corrected chi connectivity index (χ0v) is 11.6. The van der Waals surface area contributed by atoms with Gasteiger partial charge in [0.2, 0.25) is 15.7 Å². The summed E-state index contributed by atoms with van der Waals surface area (Å²) >= 11 is 0. The first kappa shape index (κ1) is 12.9. The summed E-state index contributed by atoms with van der Waals surface area (Å²) in [6.45, 7) is 0.413. The van der Waals surface area contributed by atoms with Crippen molar-refractivity contribution in [1.82, 2.24) is 9.88 Å². The third-order valence-electron chi connectivity index (χ3n) is 3.39. The van der Waals surface area contributed by atoms with E-state index in [0.29, 0.717) is 23.3 Å². The van der Waals surface area contributed by atoms with Crippen LogP contribution in [0.25, 0.3) is 11.1 Å². The van der Waals surface area contributed by atoms with Crippen molar-refractivity contribution in [3.63, 3.8) is 0 Å². The molecule has 1 saturated heterocycles. The average Bonchev–Trinajstić information content (AvgIpc) is 2.94. The molecular formula is C12H13N3O4S. The minimum Gasteiger partial charge on any atom is -0.428 e. The molecule has 0 bridgehead atoms. The molecular weight excluding hydrogens is 282 g/mol. The monoisotopic (exact) mass is 295 g/mol. The number of carbonyl (C=O) groups is 1. The number of carbonyl (C=O) groups excluding carboxylic acids is 1. The molecule has 8 heteroatoms. The summed E-state index contributed by atoms with van der Waals surface area (Å²) in [5.41, 5.74) is 6.75. The molecule has 106 valence electrons. The number of likely N-dealkylation sites (tertiary alicyclic amines) is 1. The van der Waals surface area contributed by atoms with Gasteiger partial charge >= 0.3 is 5.22 Å². The molecule has 20 heavy (non-hydrogen) atoms. The average molecular weight is 295 g/mol. The van der Waals surface area contributed by atoms with Gasteiger partial charge in [-0.05, 0) is 18.6 Å². The van der Waals surface area contributed by atoms with E-state index in [-0.39, 0.29) is 6.42 Å². The summed E-state index contributed by atoms with van der Waals surface area (Å²) in [6.07, 6.45) is 0.249. The van der Waals surface area contributed by atoms with Crippen LogP contribution >= 0.6 is 0 Å². The molecule has 2 N–H and O–H groups in total. The van der Waals surface area contributed by atoms with Gasteiger partial charge in [-0.1, -0.05) is 0 Å². The standard InChI is InChI=1S/C12H13N3O4S/c1-15-5-4-10(11(15)16)20(17,18)12-14-8-3-2-7(13)6-9(8)19-12/h2-3,6,10H,4-5,13H2,1H3. The quantitative estimate of drug-likeness (QED) is 0.804. The number of benzene rings is 1. The van der Waals surface area contributed by atoms with Gasteiger partial charge in [-0.15, -0.1) is 0 Å². The molecule has 2 aromatic rings. The molecule has 0 radical (unpaired) electrons. The minimum atomic E-state index is -3.91. The molecule has 1 aromatic carbocycles. The Morgan fingerprint density at radius 2 is 2.20 bits per heavy atom. The van der Waals surface area contributed by atoms with Crippen LogP contribution in [0.5, 0.6) is 0 Å². The molecule has 1 aliphatic rings. The zero-order chi connectivity index (χ0) is 14.5. The highest BCUT2D eigenvalue weighted by molar-refractivity contribution is 7.92. The maximum atomic E-state index is 12.4. The SMILES string of the molecule is CN1CCC(S(=O)(=O)c2nc3ccc(N)cc3o2)C1=O. The number of amides is 1. The predicted molar refractivity (Wildman–Crippen MR) is 71.6 cm³/mol. The molecule has 0 aliphatic carbocycles. The van der Waals surface area contributed by atoms with Crippen LogP contribution in [0.3, 0.4) is 0 Å². The molecule has 1 amide bonds. The summed E-state index contributed by atoms with van der Waals surface area (Å²) < 4.78 is 30.1. The van der Waals surface area contributed by atoms with Crippen LogP contribution in [0.15, 0.2) is 27.8 Å². The fourth-order valence-electron chi connectivity index (χ4n) is 2.24. The highest BCUT2D eigenvalue weighted by atomic mass is 32.2. The first-order valence-electron chi connectivity index (χ1n) is 6.04. The topological polar surface area (TPSA) is 106 Å². The van der Waals surface area contributed by atoms with E-state index in [1.807, 2.05) is 0 Å². The largest absolute Gasteiger partial charge is 0.428 e. The number of hydrogen-bond acceptors (Lipinski definition) is 6.